The van der Waals surface area contributed by atoms with Crippen molar-refractivity contribution in [2.75, 3.05) is 11.8 Å². The van der Waals surface area contributed by atoms with E-state index in [0.717, 1.165) is 12.1 Å². The number of anilines is 1. The zero-order chi connectivity index (χ0) is 15.6. The third kappa shape index (κ3) is 3.46. The quantitative estimate of drug-likeness (QED) is 0.721. The van der Waals surface area contributed by atoms with E-state index < -0.39 is 15.8 Å². The third-order valence-electron chi connectivity index (χ3n) is 2.55. The molecule has 114 valence electrons. The molecule has 1 aromatic heterocycles. The van der Waals surface area contributed by atoms with Crippen LogP contribution in [0.2, 0.25) is 10.0 Å². The van der Waals surface area contributed by atoms with Gasteiger partial charge in [-0.2, -0.15) is 13.5 Å². The van der Waals surface area contributed by atoms with Crippen molar-refractivity contribution in [3.05, 3.63) is 39.8 Å². The second kappa shape index (κ2) is 6.18. The highest BCUT2D eigenvalue weighted by Crippen LogP contribution is 2.28. The Labute approximate surface area is 130 Å². The lowest BCUT2D eigenvalue weighted by molar-refractivity contribution is 0.595. The van der Waals surface area contributed by atoms with E-state index in [9.17, 15) is 12.8 Å². The van der Waals surface area contributed by atoms with Crippen LogP contribution in [-0.4, -0.2) is 25.7 Å². The van der Waals surface area contributed by atoms with Gasteiger partial charge >= 0.3 is 0 Å². The molecule has 3 N–H and O–H groups in total. The lowest BCUT2D eigenvalue weighted by Crippen LogP contribution is -2.17. The molecule has 2 rings (SSSR count). The molecule has 10 heteroatoms. The van der Waals surface area contributed by atoms with Gasteiger partial charge in [-0.05, 0) is 19.2 Å². The zero-order valence-corrected chi connectivity index (χ0v) is 13.1. The maximum Gasteiger partial charge on any atom is 0.279 e. The van der Waals surface area contributed by atoms with Gasteiger partial charge in [-0.25, -0.2) is 4.39 Å². The Morgan fingerprint density at radius 2 is 1.95 bits per heavy atom. The fourth-order valence-electron chi connectivity index (χ4n) is 1.67. The maximum absolute atomic E-state index is 13.3. The van der Waals surface area contributed by atoms with Crippen LogP contribution in [0, 0.1) is 5.82 Å². The number of aromatic amines is 1. The van der Waals surface area contributed by atoms with Gasteiger partial charge in [0.25, 0.3) is 10.0 Å². The van der Waals surface area contributed by atoms with Crippen molar-refractivity contribution in [1.29, 1.82) is 0 Å². The Morgan fingerprint density at radius 3 is 2.52 bits per heavy atom. The number of nitrogens with zero attached hydrogens (tertiary/aromatic N) is 1. The number of aromatic nitrogens is 2. The molecule has 0 saturated heterocycles. The van der Waals surface area contributed by atoms with Gasteiger partial charge in [0.2, 0.25) is 0 Å². The van der Waals surface area contributed by atoms with Crippen molar-refractivity contribution >= 4 is 38.9 Å². The van der Waals surface area contributed by atoms with Crippen LogP contribution < -0.4 is 10.0 Å². The molecule has 0 atom stereocenters. The predicted molar refractivity (Wildman–Crippen MR) is 78.6 cm³/mol. The number of nitrogens with one attached hydrogen (secondary N) is 3. The van der Waals surface area contributed by atoms with Crippen molar-refractivity contribution in [3.8, 4) is 0 Å². The number of sulfonamides is 1. The van der Waals surface area contributed by atoms with Gasteiger partial charge in [0.1, 0.15) is 0 Å². The van der Waals surface area contributed by atoms with Gasteiger partial charge in [-0.1, -0.05) is 23.2 Å². The molecule has 0 spiro atoms. The minimum atomic E-state index is -3.92. The second-order valence-electron chi connectivity index (χ2n) is 4.11. The number of benzene rings is 1. The van der Waals surface area contributed by atoms with Crippen LogP contribution >= 0.6 is 23.2 Å². The molecular weight excluding hydrogens is 342 g/mol. The second-order valence-corrected chi connectivity index (χ2v) is 6.55. The molecule has 0 radical (unpaired) electrons. The molecule has 1 aromatic carbocycles. The van der Waals surface area contributed by atoms with Crippen molar-refractivity contribution in [2.24, 2.45) is 0 Å². The van der Waals surface area contributed by atoms with Gasteiger partial charge in [0.05, 0.1) is 21.9 Å². The summed E-state index contributed by atoms with van der Waals surface area (Å²) in [6, 6.07) is 2.27. The summed E-state index contributed by atoms with van der Waals surface area (Å²) >= 11 is 11.3. The minimum absolute atomic E-state index is 0.0522. The molecular formula is C11H11Cl2FN4O2S. The average Bonchev–Trinajstić information content (AvgIpc) is 2.85. The number of H-pyrrole nitrogens is 1. The van der Waals surface area contributed by atoms with Crippen molar-refractivity contribution < 1.29 is 12.8 Å². The fraction of sp³-hybridized carbons (Fsp3) is 0.182. The van der Waals surface area contributed by atoms with E-state index in [4.69, 9.17) is 23.2 Å². The van der Waals surface area contributed by atoms with Crippen LogP contribution in [0.4, 0.5) is 10.1 Å². The zero-order valence-electron chi connectivity index (χ0n) is 10.7. The van der Waals surface area contributed by atoms with E-state index >= 15 is 0 Å². The summed E-state index contributed by atoms with van der Waals surface area (Å²) in [5.74, 6) is -0.807. The van der Waals surface area contributed by atoms with E-state index in [1.54, 1.807) is 7.05 Å². The summed E-state index contributed by atoms with van der Waals surface area (Å²) in [4.78, 5) is 0. The molecule has 0 aliphatic rings. The normalized spacial score (nSPS) is 11.6. The highest BCUT2D eigenvalue weighted by atomic mass is 35.5. The molecule has 0 amide bonds. The molecule has 0 aliphatic carbocycles. The van der Waals surface area contributed by atoms with Crippen molar-refractivity contribution in [1.82, 2.24) is 15.5 Å². The van der Waals surface area contributed by atoms with Gasteiger partial charge in [-0.3, -0.25) is 9.82 Å². The maximum atomic E-state index is 13.3. The molecule has 2 aromatic rings. The van der Waals surface area contributed by atoms with Gasteiger partial charge < -0.3 is 5.32 Å². The van der Waals surface area contributed by atoms with Crippen molar-refractivity contribution in [3.63, 3.8) is 0 Å². The summed E-state index contributed by atoms with van der Waals surface area (Å²) in [7, 11) is -2.24. The Balaban J connectivity index is 2.35. The third-order valence-corrected chi connectivity index (χ3v) is 4.50. The van der Waals surface area contributed by atoms with E-state index in [1.807, 2.05) is 0 Å². The Hall–Kier alpha value is -1.35. The molecule has 0 saturated carbocycles. The largest absolute Gasteiger partial charge is 0.316 e. The van der Waals surface area contributed by atoms with E-state index in [1.165, 1.54) is 6.20 Å². The summed E-state index contributed by atoms with van der Waals surface area (Å²) in [5.41, 5.74) is 0.515. The standard InChI is InChI=1S/C11H11Cl2FN4O2S/c1-15-4-6-5-16-17-11(6)21(19,20)18-7-2-8(12)10(14)9(13)3-7/h2-3,5,15,18H,4H2,1H3,(H,16,17). The van der Waals surface area contributed by atoms with Gasteiger partial charge in [-0.15, -0.1) is 0 Å². The van der Waals surface area contributed by atoms with Crippen LogP contribution in [0.5, 0.6) is 0 Å². The SMILES string of the molecule is CNCc1cn[nH]c1S(=O)(=O)Nc1cc(Cl)c(F)c(Cl)c1. The Bertz CT molecular complexity index is 740. The van der Waals surface area contributed by atoms with Gasteiger partial charge in [0, 0.05) is 12.1 Å². The Morgan fingerprint density at radius 1 is 1.33 bits per heavy atom. The summed E-state index contributed by atoms with van der Waals surface area (Å²) in [6.07, 6.45) is 1.40. The number of halogens is 3. The minimum Gasteiger partial charge on any atom is -0.316 e. The lowest BCUT2D eigenvalue weighted by Gasteiger charge is -2.09. The molecule has 6 nitrogen and oxygen atoms in total. The van der Waals surface area contributed by atoms with Crippen molar-refractivity contribution in [2.45, 2.75) is 11.6 Å². The first kappa shape index (κ1) is 16.0. The molecule has 0 fully saturated rings. The molecule has 0 unspecified atom stereocenters. The smallest absolute Gasteiger partial charge is 0.279 e. The summed E-state index contributed by atoms with van der Waals surface area (Å²) in [6.45, 7) is 0.317. The molecule has 21 heavy (non-hydrogen) atoms. The summed E-state index contributed by atoms with van der Waals surface area (Å²) in [5, 5.41) is 8.30. The lowest BCUT2D eigenvalue weighted by atomic mass is 10.3. The number of rotatable bonds is 5. The molecule has 1 heterocycles. The van der Waals surface area contributed by atoms with Crippen LogP contribution in [0.25, 0.3) is 0 Å². The number of hydrogen-bond donors (Lipinski definition) is 3. The number of hydrogen-bond acceptors (Lipinski definition) is 4. The Kier molecular flexibility index (Phi) is 4.72. The van der Waals surface area contributed by atoms with Crippen LogP contribution in [0.3, 0.4) is 0 Å². The average molecular weight is 353 g/mol. The van der Waals surface area contributed by atoms with E-state index in [0.29, 0.717) is 12.1 Å². The van der Waals surface area contributed by atoms with Crippen LogP contribution in [0.15, 0.2) is 23.4 Å². The first-order chi connectivity index (χ1) is 9.85. The predicted octanol–water partition coefficient (Wildman–Crippen LogP) is 2.38. The molecule has 0 aliphatic heterocycles. The molecule has 0 bridgehead atoms. The van der Waals surface area contributed by atoms with Crippen LogP contribution in [0.1, 0.15) is 5.56 Å². The summed E-state index contributed by atoms with van der Waals surface area (Å²) < 4.78 is 40.1. The van der Waals surface area contributed by atoms with E-state index in [-0.39, 0.29) is 20.8 Å². The first-order valence-corrected chi connectivity index (χ1v) is 7.93. The van der Waals surface area contributed by atoms with E-state index in [2.05, 4.69) is 20.2 Å². The monoisotopic (exact) mass is 352 g/mol. The fourth-order valence-corrected chi connectivity index (χ4v) is 3.33. The van der Waals surface area contributed by atoms with Gasteiger partial charge in [0.15, 0.2) is 10.8 Å². The highest BCUT2D eigenvalue weighted by molar-refractivity contribution is 7.92. The first-order valence-electron chi connectivity index (χ1n) is 5.69. The van der Waals surface area contributed by atoms with Crippen LogP contribution in [-0.2, 0) is 16.6 Å². The highest BCUT2D eigenvalue weighted by Gasteiger charge is 2.21. The topological polar surface area (TPSA) is 86.9 Å².